The zero-order valence-corrected chi connectivity index (χ0v) is 17.4. The lowest BCUT2D eigenvalue weighted by atomic mass is 9.90. The Hall–Kier alpha value is -3.70. The van der Waals surface area contributed by atoms with Crippen LogP contribution in [0.1, 0.15) is 41.7 Å². The topological polar surface area (TPSA) is 115 Å². The van der Waals surface area contributed by atoms with Crippen LogP contribution in [0.3, 0.4) is 0 Å². The number of benzene rings is 1. The zero-order chi connectivity index (χ0) is 24.3. The molecule has 3 N–H and O–H groups in total. The van der Waals surface area contributed by atoms with E-state index in [1.54, 1.807) is 0 Å². The Labute approximate surface area is 185 Å². The number of nitrogens with one attached hydrogen (secondary N) is 1. The van der Waals surface area contributed by atoms with Crippen LogP contribution in [-0.2, 0) is 9.59 Å². The molecular formula is C21H20F4N4O4. The summed E-state index contributed by atoms with van der Waals surface area (Å²) in [5.74, 6) is -4.66. The van der Waals surface area contributed by atoms with Crippen LogP contribution in [0.25, 0.3) is 0 Å². The van der Waals surface area contributed by atoms with Crippen LogP contribution in [0, 0.1) is 11.7 Å². The number of carbonyl (C=O) groups excluding carboxylic acids is 3. The fourth-order valence-corrected chi connectivity index (χ4v) is 3.61. The molecule has 2 aromatic rings. The van der Waals surface area contributed by atoms with E-state index in [2.05, 4.69) is 15.0 Å². The first-order valence-electron chi connectivity index (χ1n) is 9.87. The van der Waals surface area contributed by atoms with Crippen LogP contribution >= 0.6 is 0 Å². The molecule has 3 rings (SSSR count). The number of likely N-dealkylation sites (tertiary alicyclic amines) is 1. The summed E-state index contributed by atoms with van der Waals surface area (Å²) in [6, 6.07) is 5.97. The summed E-state index contributed by atoms with van der Waals surface area (Å²) in [5.41, 5.74) is 4.79. The smallest absolute Gasteiger partial charge is 0.387 e. The van der Waals surface area contributed by atoms with Crippen LogP contribution in [0.2, 0.25) is 0 Å². The average Bonchev–Trinajstić information content (AvgIpc) is 2.73. The average molecular weight is 468 g/mol. The summed E-state index contributed by atoms with van der Waals surface area (Å²) >= 11 is 0. The van der Waals surface area contributed by atoms with Gasteiger partial charge >= 0.3 is 18.2 Å². The van der Waals surface area contributed by atoms with Crippen molar-refractivity contribution in [3.8, 4) is 5.88 Å². The van der Waals surface area contributed by atoms with E-state index in [1.165, 1.54) is 29.2 Å². The number of alkyl halides is 3. The Bertz CT molecular complexity index is 1060. The molecule has 8 nitrogen and oxygen atoms in total. The van der Waals surface area contributed by atoms with Crippen molar-refractivity contribution in [2.24, 2.45) is 11.7 Å². The molecule has 0 aliphatic carbocycles. The van der Waals surface area contributed by atoms with E-state index in [-0.39, 0.29) is 18.2 Å². The van der Waals surface area contributed by atoms with Gasteiger partial charge in [-0.05, 0) is 42.5 Å². The number of nitrogens with two attached hydrogens (primary N) is 1. The van der Waals surface area contributed by atoms with Gasteiger partial charge < -0.3 is 20.7 Å². The van der Waals surface area contributed by atoms with Gasteiger partial charge in [-0.25, -0.2) is 9.37 Å². The van der Waals surface area contributed by atoms with Crippen LogP contribution in [0.5, 0.6) is 5.88 Å². The normalized spacial score (nSPS) is 18.5. The maximum Gasteiger partial charge on any atom is 0.574 e. The van der Waals surface area contributed by atoms with Crippen molar-refractivity contribution < 1.29 is 36.7 Å². The number of halogens is 4. The lowest BCUT2D eigenvalue weighted by molar-refractivity contribution is -0.276. The molecule has 0 bridgehead atoms. The van der Waals surface area contributed by atoms with Gasteiger partial charge in [0, 0.05) is 6.54 Å². The molecule has 1 saturated heterocycles. The Morgan fingerprint density at radius 1 is 1.18 bits per heavy atom. The quantitative estimate of drug-likeness (QED) is 0.529. The first-order chi connectivity index (χ1) is 15.4. The summed E-state index contributed by atoms with van der Waals surface area (Å²) < 4.78 is 54.4. The van der Waals surface area contributed by atoms with Gasteiger partial charge in [0.05, 0.1) is 17.9 Å². The fraction of sp³-hybridized carbons (Fsp3) is 0.333. The van der Waals surface area contributed by atoms with Gasteiger partial charge in [0.1, 0.15) is 11.4 Å². The number of pyridine rings is 1. The lowest BCUT2D eigenvalue weighted by Gasteiger charge is -2.38. The molecule has 1 aromatic heterocycles. The minimum atomic E-state index is -5.11. The second-order valence-corrected chi connectivity index (χ2v) is 7.65. The molecule has 0 spiro atoms. The third-order valence-corrected chi connectivity index (χ3v) is 5.11. The van der Waals surface area contributed by atoms with E-state index in [4.69, 9.17) is 5.73 Å². The third kappa shape index (κ3) is 5.96. The number of hydrogen-bond donors (Lipinski definition) is 2. The van der Waals surface area contributed by atoms with Crippen LogP contribution in [0.15, 0.2) is 36.5 Å². The lowest BCUT2D eigenvalue weighted by Crippen LogP contribution is -2.46. The van der Waals surface area contributed by atoms with E-state index in [0.717, 1.165) is 18.7 Å². The van der Waals surface area contributed by atoms with Crippen molar-refractivity contribution in [2.45, 2.75) is 32.2 Å². The number of amides is 3. The van der Waals surface area contributed by atoms with Gasteiger partial charge in [-0.2, -0.15) is 0 Å². The molecule has 0 radical (unpaired) electrons. The molecule has 1 aliphatic heterocycles. The predicted octanol–water partition coefficient (Wildman–Crippen LogP) is 3.16. The summed E-state index contributed by atoms with van der Waals surface area (Å²) in [6.45, 7) is 2.19. The molecule has 0 unspecified atom stereocenters. The Morgan fingerprint density at radius 2 is 1.85 bits per heavy atom. The van der Waals surface area contributed by atoms with Gasteiger partial charge in [0.15, 0.2) is 0 Å². The molecule has 1 fully saturated rings. The highest BCUT2D eigenvalue weighted by Crippen LogP contribution is 2.33. The van der Waals surface area contributed by atoms with E-state index < -0.39 is 47.4 Å². The first-order valence-corrected chi connectivity index (χ1v) is 9.87. The highest BCUT2D eigenvalue weighted by molar-refractivity contribution is 6.39. The third-order valence-electron chi connectivity index (χ3n) is 5.11. The molecular weight excluding hydrogens is 448 g/mol. The van der Waals surface area contributed by atoms with E-state index >= 15 is 0 Å². The minimum absolute atomic E-state index is 0.111. The molecule has 12 heteroatoms. The summed E-state index contributed by atoms with van der Waals surface area (Å²) in [6.07, 6.45) is -2.96. The largest absolute Gasteiger partial charge is 0.574 e. The standard InChI is InChI=1S/C21H20F4N4O4/c1-11-2-7-16(12-3-5-13(22)6-4-12)29(10-11)20(32)18(31)28-14-8-15(17(26)30)19(27-9-14)33-21(23,24)25/h3-6,8-9,11,16H,2,7,10H2,1H3,(H2,26,30)(H,28,31)/t11-,16+/m0/s1. The molecule has 1 aromatic carbocycles. The molecule has 2 atom stereocenters. The second-order valence-electron chi connectivity index (χ2n) is 7.65. The van der Waals surface area contributed by atoms with Crippen molar-refractivity contribution in [3.05, 3.63) is 53.5 Å². The number of rotatable bonds is 4. The fourth-order valence-electron chi connectivity index (χ4n) is 3.61. The van der Waals surface area contributed by atoms with Gasteiger partial charge in [-0.3, -0.25) is 14.4 Å². The van der Waals surface area contributed by atoms with E-state index in [1.807, 2.05) is 6.92 Å². The van der Waals surface area contributed by atoms with Gasteiger partial charge in [0.25, 0.3) is 5.91 Å². The number of aromatic nitrogens is 1. The minimum Gasteiger partial charge on any atom is -0.387 e. The molecule has 0 saturated carbocycles. The summed E-state index contributed by atoms with van der Waals surface area (Å²) in [7, 11) is 0. The number of anilines is 1. The molecule has 33 heavy (non-hydrogen) atoms. The maximum atomic E-state index is 13.3. The summed E-state index contributed by atoms with van der Waals surface area (Å²) in [4.78, 5) is 41.8. The molecule has 176 valence electrons. The predicted molar refractivity (Wildman–Crippen MR) is 107 cm³/mol. The van der Waals surface area contributed by atoms with Crippen LogP contribution in [-0.4, -0.2) is 40.5 Å². The Balaban J connectivity index is 1.80. The number of primary amides is 1. The van der Waals surface area contributed by atoms with Crippen LogP contribution < -0.4 is 15.8 Å². The SMILES string of the molecule is C[C@H]1CC[C@H](c2ccc(F)cc2)N(C(=O)C(=O)Nc2cnc(OC(F)(F)F)c(C(N)=O)c2)C1. The van der Waals surface area contributed by atoms with Crippen molar-refractivity contribution in [1.82, 2.24) is 9.88 Å². The number of carbonyl (C=O) groups is 3. The van der Waals surface area contributed by atoms with Crippen LogP contribution in [0.4, 0.5) is 23.2 Å². The molecule has 2 heterocycles. The van der Waals surface area contributed by atoms with Gasteiger partial charge in [-0.15, -0.1) is 13.2 Å². The number of hydrogen-bond acceptors (Lipinski definition) is 5. The number of ether oxygens (including phenoxy) is 1. The van der Waals surface area contributed by atoms with E-state index in [9.17, 15) is 31.9 Å². The maximum absolute atomic E-state index is 13.3. The molecule has 1 aliphatic rings. The van der Waals surface area contributed by atoms with Gasteiger partial charge in [0.2, 0.25) is 5.88 Å². The van der Waals surface area contributed by atoms with E-state index in [0.29, 0.717) is 12.0 Å². The van der Waals surface area contributed by atoms with Crippen molar-refractivity contribution in [1.29, 1.82) is 0 Å². The van der Waals surface area contributed by atoms with Crippen molar-refractivity contribution in [2.75, 3.05) is 11.9 Å². The first kappa shape index (κ1) is 24.0. The Morgan fingerprint density at radius 3 is 2.45 bits per heavy atom. The number of piperidine rings is 1. The second kappa shape index (κ2) is 9.43. The Kier molecular flexibility index (Phi) is 6.84. The zero-order valence-electron chi connectivity index (χ0n) is 17.4. The summed E-state index contributed by atoms with van der Waals surface area (Å²) in [5, 5.41) is 2.22. The van der Waals surface area contributed by atoms with Crippen molar-refractivity contribution >= 4 is 23.4 Å². The highest BCUT2D eigenvalue weighted by atomic mass is 19.4. The highest BCUT2D eigenvalue weighted by Gasteiger charge is 2.35. The van der Waals surface area contributed by atoms with Crippen molar-refractivity contribution in [3.63, 3.8) is 0 Å². The van der Waals surface area contributed by atoms with Gasteiger partial charge in [-0.1, -0.05) is 19.1 Å². The molecule has 3 amide bonds. The number of nitrogens with zero attached hydrogens (tertiary/aromatic N) is 2. The monoisotopic (exact) mass is 468 g/mol.